The van der Waals surface area contributed by atoms with Crippen molar-refractivity contribution < 1.29 is 13.6 Å². The Kier molecular flexibility index (Phi) is 16.7. The van der Waals surface area contributed by atoms with Gasteiger partial charge in [-0.25, -0.2) is 15.4 Å². The van der Waals surface area contributed by atoms with Crippen LogP contribution in [0.5, 0.6) is 0 Å². The monoisotopic (exact) mass is 241 g/mol. The van der Waals surface area contributed by atoms with E-state index in [4.69, 9.17) is 16.1 Å². The Labute approximate surface area is 89.2 Å². The van der Waals surface area contributed by atoms with Crippen LogP contribution in [0.2, 0.25) is 0 Å². The summed E-state index contributed by atoms with van der Waals surface area (Å²) in [6.45, 7) is 3.77. The standard InChI is InChI=1S/C5H10NO3P.CH2N2.ClH/c1-3-8-10(7,5-6)9-4-2;2-1-3;/h3-4H2,1-2H3;2-3H;1H. The first kappa shape index (κ1) is 19.0. The topological polar surface area (TPSA) is 107 Å². The molecule has 0 aliphatic carbocycles. The van der Waals surface area contributed by atoms with Crippen LogP contribution in [0.4, 0.5) is 0 Å². The Hall–Kier alpha value is -0.690. The van der Waals surface area contributed by atoms with Crippen molar-refractivity contribution in [2.24, 2.45) is 0 Å². The number of nitrogens with one attached hydrogen (secondary N) is 2. The zero-order chi connectivity index (χ0) is 10.7. The van der Waals surface area contributed by atoms with E-state index in [0.717, 1.165) is 0 Å². The molecule has 0 bridgehead atoms. The van der Waals surface area contributed by atoms with E-state index in [1.54, 1.807) is 13.8 Å². The summed E-state index contributed by atoms with van der Waals surface area (Å²) in [7, 11) is -3.39. The van der Waals surface area contributed by atoms with Crippen molar-refractivity contribution in [2.75, 3.05) is 13.2 Å². The first-order valence-electron chi connectivity index (χ1n) is 3.49. The maximum atomic E-state index is 11.0. The van der Waals surface area contributed by atoms with Crippen LogP contribution < -0.4 is 0 Å². The quantitative estimate of drug-likeness (QED) is 0.582. The summed E-state index contributed by atoms with van der Waals surface area (Å²) in [5, 5.41) is 19.5. The summed E-state index contributed by atoms with van der Waals surface area (Å²) in [6.07, 6.45) is 0. The lowest BCUT2D eigenvalue weighted by atomic mass is 10.9. The van der Waals surface area contributed by atoms with E-state index >= 15 is 0 Å². The van der Waals surface area contributed by atoms with E-state index < -0.39 is 7.60 Å². The van der Waals surface area contributed by atoms with Crippen LogP contribution >= 0.6 is 20.0 Å². The number of hydrogen-bond donors (Lipinski definition) is 2. The number of rotatable bonds is 4. The van der Waals surface area contributed by atoms with Crippen molar-refractivity contribution in [3.8, 4) is 5.81 Å². The smallest absolute Gasteiger partial charge is 0.298 e. The number of hydrogen-bond acceptors (Lipinski definition) is 6. The predicted molar refractivity (Wildman–Crippen MR) is 54.2 cm³/mol. The average Bonchev–Trinajstić information content (AvgIpc) is 2.07. The zero-order valence-corrected chi connectivity index (χ0v) is 9.65. The second-order valence-electron chi connectivity index (χ2n) is 1.56. The van der Waals surface area contributed by atoms with E-state index in [9.17, 15) is 4.57 Å². The molecule has 0 rings (SSSR count). The molecular weight excluding hydrogens is 229 g/mol. The normalized spacial score (nSPS) is 8.36. The molecule has 0 saturated heterocycles. The van der Waals surface area contributed by atoms with Gasteiger partial charge in [-0.15, -0.1) is 12.4 Å². The van der Waals surface area contributed by atoms with E-state index in [1.807, 2.05) is 0 Å². The van der Waals surface area contributed by atoms with Crippen LogP contribution in [-0.2, 0) is 13.6 Å². The second kappa shape index (κ2) is 12.3. The van der Waals surface area contributed by atoms with Gasteiger partial charge in [0.1, 0.15) is 0 Å². The van der Waals surface area contributed by atoms with Crippen LogP contribution in [0.3, 0.4) is 0 Å². The predicted octanol–water partition coefficient (Wildman–Crippen LogP) is 2.47. The molecule has 0 aliphatic heterocycles. The highest BCUT2D eigenvalue weighted by Crippen LogP contribution is 2.46. The fraction of sp³-hybridized carbons (Fsp3) is 0.667. The summed E-state index contributed by atoms with van der Waals surface area (Å²) in [6, 6.07) is 1.25. The Balaban J connectivity index is -0.000000267. The van der Waals surface area contributed by atoms with Gasteiger partial charge in [-0.05, 0) is 13.8 Å². The molecule has 14 heavy (non-hydrogen) atoms. The molecule has 0 unspecified atom stereocenters. The minimum absolute atomic E-state index is 0. The van der Waals surface area contributed by atoms with E-state index in [0.29, 0.717) is 0 Å². The van der Waals surface area contributed by atoms with Crippen LogP contribution in [0.25, 0.3) is 0 Å². The molecule has 0 fully saturated rings. The number of halogens is 1. The number of nitrogens with zero attached hydrogens (tertiary/aromatic N) is 1. The van der Waals surface area contributed by atoms with E-state index in [2.05, 4.69) is 9.05 Å². The molecule has 0 atom stereocenters. The largest absolute Gasteiger partial charge is 0.431 e. The first-order chi connectivity index (χ1) is 6.10. The third-order valence-electron chi connectivity index (χ3n) is 0.721. The van der Waals surface area contributed by atoms with Gasteiger partial charge < -0.3 is 0 Å². The van der Waals surface area contributed by atoms with Crippen LogP contribution in [-0.4, -0.2) is 19.2 Å². The summed E-state index contributed by atoms with van der Waals surface area (Å²) >= 11 is 0. The summed E-state index contributed by atoms with van der Waals surface area (Å²) in [5.74, 6) is 1.49. The molecule has 0 radical (unpaired) electrons. The molecule has 0 amide bonds. The summed E-state index contributed by atoms with van der Waals surface area (Å²) < 4.78 is 20.2. The fourth-order valence-electron chi connectivity index (χ4n) is 0.435. The molecule has 0 aromatic carbocycles. The Bertz CT molecular complexity index is 237. The van der Waals surface area contributed by atoms with Crippen LogP contribution in [0.15, 0.2) is 0 Å². The molecule has 6 nitrogen and oxygen atoms in total. The fourth-order valence-corrected chi connectivity index (χ4v) is 1.30. The van der Waals surface area contributed by atoms with Crippen LogP contribution in [0.1, 0.15) is 13.8 Å². The molecule has 0 aromatic rings. The third kappa shape index (κ3) is 11.3. The van der Waals surface area contributed by atoms with Gasteiger partial charge in [0.05, 0.1) is 19.2 Å². The van der Waals surface area contributed by atoms with Crippen molar-refractivity contribution in [2.45, 2.75) is 13.8 Å². The highest BCUT2D eigenvalue weighted by molar-refractivity contribution is 7.59. The molecular formula is C6H13ClN3O3P. The molecule has 0 spiro atoms. The average molecular weight is 242 g/mol. The molecule has 0 aromatic heterocycles. The first-order valence-corrected chi connectivity index (χ1v) is 5.03. The molecule has 82 valence electrons. The minimum Gasteiger partial charge on any atom is -0.298 e. The highest BCUT2D eigenvalue weighted by atomic mass is 35.5. The Morgan fingerprint density at radius 2 is 1.57 bits per heavy atom. The lowest BCUT2D eigenvalue weighted by molar-refractivity contribution is 0.230. The highest BCUT2D eigenvalue weighted by Gasteiger charge is 2.21. The van der Waals surface area contributed by atoms with E-state index in [1.165, 1.54) is 11.8 Å². The van der Waals surface area contributed by atoms with Gasteiger partial charge in [0.25, 0.3) is 0 Å². The van der Waals surface area contributed by atoms with Crippen molar-refractivity contribution >= 4 is 26.0 Å². The summed E-state index contributed by atoms with van der Waals surface area (Å²) in [4.78, 5) is 0. The second-order valence-corrected chi connectivity index (χ2v) is 3.27. The third-order valence-corrected chi connectivity index (χ3v) is 2.16. The van der Waals surface area contributed by atoms with Crippen molar-refractivity contribution in [3.05, 3.63) is 0 Å². The van der Waals surface area contributed by atoms with Gasteiger partial charge in [-0.1, -0.05) is 0 Å². The Morgan fingerprint density at radius 1 is 1.29 bits per heavy atom. The Morgan fingerprint density at radius 3 is 1.71 bits per heavy atom. The van der Waals surface area contributed by atoms with Gasteiger partial charge in [0.15, 0.2) is 5.81 Å². The molecule has 0 aliphatic rings. The zero-order valence-electron chi connectivity index (χ0n) is 7.94. The maximum absolute atomic E-state index is 11.0. The lowest BCUT2D eigenvalue weighted by Gasteiger charge is -2.06. The molecule has 0 saturated carbocycles. The van der Waals surface area contributed by atoms with Gasteiger partial charge in [-0.2, -0.15) is 5.26 Å². The van der Waals surface area contributed by atoms with Gasteiger partial charge >= 0.3 is 7.60 Å². The van der Waals surface area contributed by atoms with Gasteiger partial charge in [-0.3, -0.25) is 9.05 Å². The van der Waals surface area contributed by atoms with Crippen molar-refractivity contribution in [1.82, 2.24) is 0 Å². The lowest BCUT2D eigenvalue weighted by Crippen LogP contribution is -1.92. The van der Waals surface area contributed by atoms with Crippen molar-refractivity contribution in [1.29, 1.82) is 16.1 Å². The molecule has 8 heteroatoms. The SMILES string of the molecule is CCOP(=O)(C#N)OCC.Cl.N=C=N. The maximum Gasteiger partial charge on any atom is 0.431 e. The summed E-state index contributed by atoms with van der Waals surface area (Å²) in [5.41, 5.74) is 0. The number of nitriles is 1. The van der Waals surface area contributed by atoms with Gasteiger partial charge in [0, 0.05) is 0 Å². The molecule has 0 heterocycles. The van der Waals surface area contributed by atoms with Gasteiger partial charge in [0.2, 0.25) is 0 Å². The minimum atomic E-state index is -3.39. The van der Waals surface area contributed by atoms with E-state index in [-0.39, 0.29) is 25.6 Å². The van der Waals surface area contributed by atoms with Crippen molar-refractivity contribution in [3.63, 3.8) is 0 Å². The van der Waals surface area contributed by atoms with Crippen LogP contribution in [0, 0.1) is 21.9 Å². The molecule has 2 N–H and O–H groups in total.